The third-order valence-corrected chi connectivity index (χ3v) is 9.33. The Morgan fingerprint density at radius 2 is 1.90 bits per heavy atom. The quantitative estimate of drug-likeness (QED) is 0.335. The van der Waals surface area contributed by atoms with Gasteiger partial charge in [0.25, 0.3) is 11.8 Å². The van der Waals surface area contributed by atoms with Crippen molar-refractivity contribution >= 4 is 11.8 Å². The van der Waals surface area contributed by atoms with Crippen LogP contribution in [0.2, 0.25) is 0 Å². The summed E-state index contributed by atoms with van der Waals surface area (Å²) >= 11 is 0. The molecule has 4 heterocycles. The molecule has 1 saturated heterocycles. The number of carbonyl (C=O) groups is 2. The average molecular weight is 544 g/mol. The normalized spacial score (nSPS) is 18.6. The molecule has 7 heteroatoms. The maximum Gasteiger partial charge on any atom is 0.253 e. The smallest absolute Gasteiger partial charge is 0.253 e. The SMILES string of the molecule is O=C(NCc1ccccc1)c1cccc(-c2cc3c(cn2)CCc2c-3[nH]c3c2C(=O)NCC32CN(CC3CC3)C2)c1. The Bertz CT molecular complexity index is 1680. The summed E-state index contributed by atoms with van der Waals surface area (Å²) in [6, 6.07) is 19.7. The van der Waals surface area contributed by atoms with Gasteiger partial charge in [-0.15, -0.1) is 0 Å². The van der Waals surface area contributed by atoms with Crippen LogP contribution in [-0.2, 0) is 24.8 Å². The highest BCUT2D eigenvalue weighted by Crippen LogP contribution is 2.46. The van der Waals surface area contributed by atoms with E-state index >= 15 is 0 Å². The van der Waals surface area contributed by atoms with E-state index < -0.39 is 0 Å². The zero-order valence-corrected chi connectivity index (χ0v) is 23.0. The third kappa shape index (κ3) is 4.27. The van der Waals surface area contributed by atoms with E-state index in [1.165, 1.54) is 24.9 Å². The fraction of sp³-hybridized carbons (Fsp3) is 0.324. The molecule has 2 aliphatic carbocycles. The molecule has 4 aromatic rings. The van der Waals surface area contributed by atoms with E-state index in [1.54, 1.807) is 0 Å². The Balaban J connectivity index is 1.09. The number of hydrogen-bond donors (Lipinski definition) is 3. The number of benzene rings is 2. The molecular formula is C34H33N5O2. The number of nitrogens with one attached hydrogen (secondary N) is 3. The van der Waals surface area contributed by atoms with Crippen LogP contribution >= 0.6 is 0 Å². The van der Waals surface area contributed by atoms with E-state index in [0.29, 0.717) is 18.7 Å². The Labute approximate surface area is 239 Å². The number of aromatic nitrogens is 2. The molecule has 7 nitrogen and oxygen atoms in total. The fourth-order valence-corrected chi connectivity index (χ4v) is 7.00. The van der Waals surface area contributed by atoms with Crippen LogP contribution in [0.3, 0.4) is 0 Å². The Kier molecular flexibility index (Phi) is 5.64. The minimum absolute atomic E-state index is 0.0209. The molecule has 8 rings (SSSR count). The van der Waals surface area contributed by atoms with Crippen LogP contribution in [0.5, 0.6) is 0 Å². The van der Waals surface area contributed by atoms with Crippen LogP contribution in [0.4, 0.5) is 0 Å². The van der Waals surface area contributed by atoms with Crippen molar-refractivity contribution in [2.75, 3.05) is 26.2 Å². The first-order valence-corrected chi connectivity index (χ1v) is 14.7. The van der Waals surface area contributed by atoms with Gasteiger partial charge < -0.3 is 20.5 Å². The molecule has 206 valence electrons. The zero-order chi connectivity index (χ0) is 27.6. The molecule has 41 heavy (non-hydrogen) atoms. The summed E-state index contributed by atoms with van der Waals surface area (Å²) in [4.78, 5) is 37.2. The van der Waals surface area contributed by atoms with Crippen molar-refractivity contribution in [3.05, 3.63) is 100 Å². The van der Waals surface area contributed by atoms with Gasteiger partial charge in [-0.3, -0.25) is 14.6 Å². The van der Waals surface area contributed by atoms with E-state index in [9.17, 15) is 9.59 Å². The van der Waals surface area contributed by atoms with Crippen molar-refractivity contribution in [1.82, 2.24) is 25.5 Å². The Morgan fingerprint density at radius 1 is 1.05 bits per heavy atom. The summed E-state index contributed by atoms with van der Waals surface area (Å²) < 4.78 is 0. The molecule has 2 fully saturated rings. The van der Waals surface area contributed by atoms with E-state index in [4.69, 9.17) is 4.98 Å². The van der Waals surface area contributed by atoms with E-state index in [1.807, 2.05) is 60.8 Å². The molecule has 0 bridgehead atoms. The maximum atomic E-state index is 13.2. The molecule has 0 atom stereocenters. The summed E-state index contributed by atoms with van der Waals surface area (Å²) in [5, 5.41) is 6.24. The van der Waals surface area contributed by atoms with Crippen molar-refractivity contribution < 1.29 is 9.59 Å². The number of carbonyl (C=O) groups excluding carboxylic acids is 2. The minimum atomic E-state index is -0.111. The lowest BCUT2D eigenvalue weighted by Crippen LogP contribution is -2.66. The number of amides is 2. The Morgan fingerprint density at radius 3 is 2.73 bits per heavy atom. The minimum Gasteiger partial charge on any atom is -0.357 e. The van der Waals surface area contributed by atoms with Gasteiger partial charge >= 0.3 is 0 Å². The maximum absolute atomic E-state index is 13.2. The van der Waals surface area contributed by atoms with Gasteiger partial charge in [0.05, 0.1) is 22.4 Å². The largest absolute Gasteiger partial charge is 0.357 e. The monoisotopic (exact) mass is 543 g/mol. The summed E-state index contributed by atoms with van der Waals surface area (Å²) in [6.07, 6.45) is 6.37. The van der Waals surface area contributed by atoms with Crippen molar-refractivity contribution in [3.8, 4) is 22.5 Å². The van der Waals surface area contributed by atoms with Crippen LogP contribution in [0, 0.1) is 5.92 Å². The lowest BCUT2D eigenvalue weighted by molar-refractivity contribution is 0.0481. The van der Waals surface area contributed by atoms with Crippen molar-refractivity contribution in [3.63, 3.8) is 0 Å². The first-order valence-electron chi connectivity index (χ1n) is 14.7. The Hall–Kier alpha value is -4.23. The predicted molar refractivity (Wildman–Crippen MR) is 158 cm³/mol. The highest BCUT2D eigenvalue weighted by Gasteiger charge is 2.51. The van der Waals surface area contributed by atoms with Crippen LogP contribution in [0.1, 0.15) is 55.9 Å². The third-order valence-electron chi connectivity index (χ3n) is 9.33. The first-order chi connectivity index (χ1) is 20.1. The average Bonchev–Trinajstić information content (AvgIpc) is 3.72. The van der Waals surface area contributed by atoms with Gasteiger partial charge in [0.1, 0.15) is 0 Å². The number of hydrogen-bond acceptors (Lipinski definition) is 4. The van der Waals surface area contributed by atoms with E-state index in [-0.39, 0.29) is 17.2 Å². The predicted octanol–water partition coefficient (Wildman–Crippen LogP) is 4.48. The van der Waals surface area contributed by atoms with Crippen molar-refractivity contribution in [2.24, 2.45) is 5.92 Å². The summed E-state index contributed by atoms with van der Waals surface area (Å²) in [6.45, 7) is 4.38. The molecule has 2 amide bonds. The van der Waals surface area contributed by atoms with Crippen LogP contribution in [-0.4, -0.2) is 52.9 Å². The number of aryl methyl sites for hydroxylation is 1. The summed E-state index contributed by atoms with van der Waals surface area (Å²) in [5.74, 6) is 0.810. The number of aromatic amines is 1. The second kappa shape index (κ2) is 9.42. The molecule has 0 unspecified atom stereocenters. The summed E-state index contributed by atoms with van der Waals surface area (Å²) in [5.41, 5.74) is 9.86. The number of rotatable bonds is 6. The topological polar surface area (TPSA) is 90.1 Å². The van der Waals surface area contributed by atoms with Gasteiger partial charge in [0.15, 0.2) is 0 Å². The van der Waals surface area contributed by atoms with Crippen LogP contribution < -0.4 is 10.6 Å². The highest BCUT2D eigenvalue weighted by molar-refractivity contribution is 6.01. The molecule has 2 aromatic heterocycles. The lowest BCUT2D eigenvalue weighted by atomic mass is 9.72. The zero-order valence-electron chi connectivity index (χ0n) is 23.0. The van der Waals surface area contributed by atoms with Crippen LogP contribution in [0.25, 0.3) is 22.5 Å². The number of likely N-dealkylation sites (tertiary alicyclic amines) is 1. The van der Waals surface area contributed by atoms with Crippen molar-refractivity contribution in [2.45, 2.75) is 37.6 Å². The first kappa shape index (κ1) is 24.6. The molecular weight excluding hydrogens is 510 g/mol. The van der Waals surface area contributed by atoms with Gasteiger partial charge in [-0.1, -0.05) is 42.5 Å². The van der Waals surface area contributed by atoms with Gasteiger partial charge in [-0.25, -0.2) is 0 Å². The molecule has 2 aliphatic heterocycles. The molecule has 4 aliphatic rings. The number of H-pyrrole nitrogens is 1. The highest BCUT2D eigenvalue weighted by atomic mass is 16.2. The lowest BCUT2D eigenvalue weighted by Gasteiger charge is -2.52. The van der Waals surface area contributed by atoms with Gasteiger partial charge in [-0.05, 0) is 66.5 Å². The summed E-state index contributed by atoms with van der Waals surface area (Å²) in [7, 11) is 0. The second-order valence-electron chi connectivity index (χ2n) is 12.3. The second-order valence-corrected chi connectivity index (χ2v) is 12.3. The van der Waals surface area contributed by atoms with Gasteiger partial charge in [-0.2, -0.15) is 0 Å². The van der Waals surface area contributed by atoms with E-state index in [2.05, 4.69) is 26.6 Å². The molecule has 0 radical (unpaired) electrons. The fourth-order valence-electron chi connectivity index (χ4n) is 7.00. The number of nitrogens with zero attached hydrogens (tertiary/aromatic N) is 2. The molecule has 3 N–H and O–H groups in total. The molecule has 2 aromatic carbocycles. The molecule has 1 spiro atoms. The standard InChI is InChI=1S/C34H33N5O2/c40-32(36-15-21-5-2-1-3-6-21)24-8-4-7-23(13-24)28-14-27-25(16-35-28)11-12-26-29-31(38-30(26)27)34(18-37-33(29)41)19-39(20-34)17-22-9-10-22/h1-8,13-14,16,22,38H,9-12,15,17-20H2,(H,36,40)(H,37,41). The van der Waals surface area contributed by atoms with E-state index in [0.717, 1.165) is 76.7 Å². The van der Waals surface area contributed by atoms with Crippen molar-refractivity contribution in [1.29, 1.82) is 0 Å². The van der Waals surface area contributed by atoms with Gasteiger partial charge in [0.2, 0.25) is 0 Å². The van der Waals surface area contributed by atoms with Crippen LogP contribution in [0.15, 0.2) is 66.9 Å². The number of fused-ring (bicyclic) bond motifs is 6. The molecule has 1 saturated carbocycles. The number of pyridine rings is 1. The van der Waals surface area contributed by atoms with Gasteiger partial charge in [0, 0.05) is 61.3 Å².